The highest BCUT2D eigenvalue weighted by Crippen LogP contribution is 2.45. The lowest BCUT2D eigenvalue weighted by atomic mass is 9.95. The monoisotopic (exact) mass is 445 g/mol. The van der Waals surface area contributed by atoms with E-state index in [0.717, 1.165) is 12.8 Å². The number of ether oxygens (including phenoxy) is 1. The molecule has 1 saturated heterocycles. The summed E-state index contributed by atoms with van der Waals surface area (Å²) in [6, 6.07) is 4.63. The number of halogens is 2. The van der Waals surface area contributed by atoms with Gasteiger partial charge in [-0.3, -0.25) is 9.59 Å². The molecule has 31 heavy (non-hydrogen) atoms. The van der Waals surface area contributed by atoms with Crippen molar-refractivity contribution in [2.45, 2.75) is 25.0 Å². The summed E-state index contributed by atoms with van der Waals surface area (Å²) in [4.78, 5) is 38.3. The minimum absolute atomic E-state index is 0.193. The predicted octanol–water partition coefficient (Wildman–Crippen LogP) is 2.71. The van der Waals surface area contributed by atoms with Crippen molar-refractivity contribution in [2.24, 2.45) is 5.92 Å². The normalized spacial score (nSPS) is 20.9. The van der Waals surface area contributed by atoms with E-state index in [2.05, 4.69) is 26.8 Å². The largest absolute Gasteiger partial charge is 0.370 e. The number of hydrogen-bond acceptors (Lipinski definition) is 6. The van der Waals surface area contributed by atoms with Crippen molar-refractivity contribution in [3.63, 3.8) is 0 Å². The van der Waals surface area contributed by atoms with E-state index in [-0.39, 0.29) is 35.3 Å². The first-order chi connectivity index (χ1) is 14.9. The van der Waals surface area contributed by atoms with E-state index in [0.29, 0.717) is 23.5 Å². The third kappa shape index (κ3) is 4.42. The SMILES string of the molecule is C=C(F)C(=O)N1CCO[C@@H](c2cc(Cl)nc(-c3cc(C(=O)NC)ncn3)c2)[C@@H]1C1CC1. The van der Waals surface area contributed by atoms with Crippen LogP contribution in [0.15, 0.2) is 36.9 Å². The molecule has 1 N–H and O–H groups in total. The number of aromatic nitrogens is 3. The molecule has 2 aromatic heterocycles. The average molecular weight is 446 g/mol. The fourth-order valence-corrected chi connectivity index (χ4v) is 4.09. The molecule has 0 aromatic carbocycles. The van der Waals surface area contributed by atoms with Crippen LogP contribution in [0.2, 0.25) is 5.15 Å². The van der Waals surface area contributed by atoms with Crippen LogP contribution in [0.3, 0.4) is 0 Å². The van der Waals surface area contributed by atoms with E-state index in [9.17, 15) is 14.0 Å². The number of amides is 2. The smallest absolute Gasteiger partial charge is 0.282 e. The van der Waals surface area contributed by atoms with Gasteiger partial charge in [-0.2, -0.15) is 0 Å². The lowest BCUT2D eigenvalue weighted by Gasteiger charge is -2.41. The van der Waals surface area contributed by atoms with Crippen LogP contribution in [-0.4, -0.2) is 57.9 Å². The number of rotatable bonds is 5. The molecule has 1 aliphatic carbocycles. The van der Waals surface area contributed by atoms with Gasteiger partial charge in [0.25, 0.3) is 11.8 Å². The van der Waals surface area contributed by atoms with Gasteiger partial charge in [-0.1, -0.05) is 18.2 Å². The molecule has 162 valence electrons. The molecule has 3 heterocycles. The van der Waals surface area contributed by atoms with Gasteiger partial charge in [0.05, 0.1) is 24.0 Å². The Morgan fingerprint density at radius 2 is 2.03 bits per heavy atom. The lowest BCUT2D eigenvalue weighted by molar-refractivity contribution is -0.146. The molecule has 0 bridgehead atoms. The highest BCUT2D eigenvalue weighted by molar-refractivity contribution is 6.29. The van der Waals surface area contributed by atoms with Gasteiger partial charge < -0.3 is 15.0 Å². The number of pyridine rings is 1. The molecule has 2 aliphatic rings. The number of morpholine rings is 1. The maximum Gasteiger partial charge on any atom is 0.282 e. The third-order valence-corrected chi connectivity index (χ3v) is 5.63. The predicted molar refractivity (Wildman–Crippen MR) is 111 cm³/mol. The second kappa shape index (κ2) is 8.68. The second-order valence-corrected chi connectivity index (χ2v) is 7.89. The Morgan fingerprint density at radius 1 is 1.26 bits per heavy atom. The van der Waals surface area contributed by atoms with Crippen LogP contribution in [-0.2, 0) is 9.53 Å². The lowest BCUT2D eigenvalue weighted by Crippen LogP contribution is -2.51. The van der Waals surface area contributed by atoms with Crippen molar-refractivity contribution in [1.82, 2.24) is 25.2 Å². The molecule has 8 nitrogen and oxygen atoms in total. The van der Waals surface area contributed by atoms with Crippen LogP contribution >= 0.6 is 11.6 Å². The molecule has 0 unspecified atom stereocenters. The number of hydrogen-bond donors (Lipinski definition) is 1. The third-order valence-electron chi connectivity index (χ3n) is 5.43. The summed E-state index contributed by atoms with van der Waals surface area (Å²) in [7, 11) is 1.51. The van der Waals surface area contributed by atoms with Crippen LogP contribution in [0.5, 0.6) is 0 Å². The van der Waals surface area contributed by atoms with E-state index >= 15 is 0 Å². The van der Waals surface area contributed by atoms with Crippen molar-refractivity contribution in [2.75, 3.05) is 20.2 Å². The number of nitrogens with zero attached hydrogens (tertiary/aromatic N) is 4. The summed E-state index contributed by atoms with van der Waals surface area (Å²) < 4.78 is 19.7. The Morgan fingerprint density at radius 3 is 2.71 bits per heavy atom. The van der Waals surface area contributed by atoms with Crippen molar-refractivity contribution in [3.8, 4) is 11.4 Å². The van der Waals surface area contributed by atoms with Gasteiger partial charge in [0.2, 0.25) is 0 Å². The zero-order valence-electron chi connectivity index (χ0n) is 16.8. The Bertz CT molecular complexity index is 1050. The maximum absolute atomic E-state index is 13.6. The van der Waals surface area contributed by atoms with Crippen molar-refractivity contribution in [3.05, 3.63) is 53.3 Å². The van der Waals surface area contributed by atoms with Crippen molar-refractivity contribution < 1.29 is 18.7 Å². The van der Waals surface area contributed by atoms with Gasteiger partial charge in [0, 0.05) is 13.6 Å². The van der Waals surface area contributed by atoms with Gasteiger partial charge in [-0.05, 0) is 42.5 Å². The van der Waals surface area contributed by atoms with Crippen molar-refractivity contribution in [1.29, 1.82) is 0 Å². The van der Waals surface area contributed by atoms with E-state index in [1.165, 1.54) is 24.3 Å². The molecule has 0 radical (unpaired) electrons. The van der Waals surface area contributed by atoms with Gasteiger partial charge in [-0.15, -0.1) is 0 Å². The van der Waals surface area contributed by atoms with Gasteiger partial charge in [-0.25, -0.2) is 19.3 Å². The summed E-state index contributed by atoms with van der Waals surface area (Å²) in [5.41, 5.74) is 1.75. The van der Waals surface area contributed by atoms with Crippen LogP contribution in [0.4, 0.5) is 4.39 Å². The maximum atomic E-state index is 13.6. The fourth-order valence-electron chi connectivity index (χ4n) is 3.88. The number of nitrogens with one attached hydrogen (secondary N) is 1. The average Bonchev–Trinajstić information content (AvgIpc) is 3.62. The first-order valence-electron chi connectivity index (χ1n) is 9.88. The van der Waals surface area contributed by atoms with E-state index in [4.69, 9.17) is 16.3 Å². The highest BCUT2D eigenvalue weighted by atomic mass is 35.5. The second-order valence-electron chi connectivity index (χ2n) is 7.50. The Hall–Kier alpha value is -2.91. The Labute approximate surface area is 183 Å². The van der Waals surface area contributed by atoms with Crippen molar-refractivity contribution >= 4 is 23.4 Å². The van der Waals surface area contributed by atoms with Crippen LogP contribution in [0, 0.1) is 5.92 Å². The summed E-state index contributed by atoms with van der Waals surface area (Å²) in [6.07, 6.45) is 2.64. The first-order valence-corrected chi connectivity index (χ1v) is 10.3. The quantitative estimate of drug-likeness (QED) is 0.561. The summed E-state index contributed by atoms with van der Waals surface area (Å²) in [5.74, 6) is -1.84. The Balaban J connectivity index is 1.71. The summed E-state index contributed by atoms with van der Waals surface area (Å²) in [5, 5.41) is 2.73. The number of carbonyl (C=O) groups is 2. The molecule has 1 saturated carbocycles. The van der Waals surface area contributed by atoms with E-state index in [1.54, 1.807) is 12.1 Å². The van der Waals surface area contributed by atoms with Crippen LogP contribution in [0.25, 0.3) is 11.4 Å². The van der Waals surface area contributed by atoms with E-state index < -0.39 is 17.8 Å². The zero-order chi connectivity index (χ0) is 22.1. The summed E-state index contributed by atoms with van der Waals surface area (Å²) >= 11 is 6.30. The molecule has 10 heteroatoms. The minimum atomic E-state index is -0.984. The van der Waals surface area contributed by atoms with Crippen LogP contribution < -0.4 is 5.32 Å². The number of carbonyl (C=O) groups excluding carboxylic acids is 2. The molecule has 2 aromatic rings. The topological polar surface area (TPSA) is 97.3 Å². The Kier molecular flexibility index (Phi) is 5.97. The first kappa shape index (κ1) is 21.3. The highest BCUT2D eigenvalue weighted by Gasteiger charge is 2.46. The standard InChI is InChI=1S/C21H21ClFN5O3/c1-11(23)21(30)28-5-6-31-19(18(28)12-3-4-12)13-7-15(27-17(22)8-13)14-9-16(20(29)24-2)26-10-25-14/h7-10,12,18-19H,1,3-6H2,2H3,(H,24,29)/t18-,19-/m0/s1. The van der Waals surface area contributed by atoms with Gasteiger partial charge >= 0.3 is 0 Å². The fraction of sp³-hybridized carbons (Fsp3) is 0.381. The van der Waals surface area contributed by atoms with Gasteiger partial charge in [0.1, 0.15) is 23.3 Å². The minimum Gasteiger partial charge on any atom is -0.370 e. The van der Waals surface area contributed by atoms with Gasteiger partial charge in [0.15, 0.2) is 5.83 Å². The molecule has 2 fully saturated rings. The van der Waals surface area contributed by atoms with Crippen LogP contribution in [0.1, 0.15) is 35.0 Å². The molecule has 2 atom stereocenters. The molecular formula is C21H21ClFN5O3. The van der Waals surface area contributed by atoms with E-state index in [1.807, 2.05) is 0 Å². The molecule has 1 aliphatic heterocycles. The molecular weight excluding hydrogens is 425 g/mol. The molecule has 2 amide bonds. The molecule has 0 spiro atoms. The summed E-state index contributed by atoms with van der Waals surface area (Å²) in [6.45, 7) is 3.72. The zero-order valence-corrected chi connectivity index (χ0v) is 17.6. The molecule has 4 rings (SSSR count).